The highest BCUT2D eigenvalue weighted by molar-refractivity contribution is 6.32. The topological polar surface area (TPSA) is 64.9 Å². The van der Waals surface area contributed by atoms with Gasteiger partial charge in [0.05, 0.1) is 12.1 Å². The lowest BCUT2D eigenvalue weighted by atomic mass is 10.1. The molecule has 8 heteroatoms. The van der Waals surface area contributed by atoms with Crippen molar-refractivity contribution in [2.24, 2.45) is 0 Å². The Labute approximate surface area is 165 Å². The third-order valence-electron chi connectivity index (χ3n) is 4.15. The standard InChI is InChI=1S/C19H15Cl2N5O/c1-27-17-5-2-12(8-16(17)21)10-23-18-15-9-13(20)3-4-14(15)19(25-24-18)26-7-6-22-11-26/h2-9,11H,10H2,1H3,(H,23,24). The average Bonchev–Trinajstić information content (AvgIpc) is 3.20. The van der Waals surface area contributed by atoms with Crippen molar-refractivity contribution < 1.29 is 4.74 Å². The summed E-state index contributed by atoms with van der Waals surface area (Å²) in [6, 6.07) is 11.3. The first-order valence-corrected chi connectivity index (χ1v) is 8.92. The minimum Gasteiger partial charge on any atom is -0.495 e. The number of fused-ring (bicyclic) bond motifs is 1. The van der Waals surface area contributed by atoms with E-state index in [9.17, 15) is 0 Å². The van der Waals surface area contributed by atoms with Crippen LogP contribution in [0.15, 0.2) is 55.1 Å². The van der Waals surface area contributed by atoms with Gasteiger partial charge in [0.15, 0.2) is 11.6 Å². The number of methoxy groups -OCH3 is 1. The van der Waals surface area contributed by atoms with Gasteiger partial charge in [-0.1, -0.05) is 29.3 Å². The lowest BCUT2D eigenvalue weighted by molar-refractivity contribution is 0.415. The van der Waals surface area contributed by atoms with E-state index in [0.717, 1.165) is 16.3 Å². The predicted octanol–water partition coefficient (Wildman–Crippen LogP) is 4.74. The van der Waals surface area contributed by atoms with E-state index in [4.69, 9.17) is 27.9 Å². The summed E-state index contributed by atoms with van der Waals surface area (Å²) in [6.45, 7) is 0.532. The summed E-state index contributed by atoms with van der Waals surface area (Å²) in [7, 11) is 1.59. The highest BCUT2D eigenvalue weighted by Gasteiger charge is 2.12. The van der Waals surface area contributed by atoms with Crippen LogP contribution in [0.4, 0.5) is 5.82 Å². The van der Waals surface area contributed by atoms with Gasteiger partial charge in [0, 0.05) is 34.7 Å². The van der Waals surface area contributed by atoms with E-state index >= 15 is 0 Å². The second kappa shape index (κ2) is 7.42. The Hall–Kier alpha value is -2.83. The first-order valence-electron chi connectivity index (χ1n) is 8.16. The fourth-order valence-corrected chi connectivity index (χ4v) is 3.28. The first-order chi connectivity index (χ1) is 13.2. The summed E-state index contributed by atoms with van der Waals surface area (Å²) >= 11 is 12.4. The van der Waals surface area contributed by atoms with Crippen molar-refractivity contribution in [1.82, 2.24) is 19.7 Å². The number of ether oxygens (including phenoxy) is 1. The van der Waals surface area contributed by atoms with Crippen LogP contribution in [0.2, 0.25) is 10.0 Å². The molecule has 136 valence electrons. The van der Waals surface area contributed by atoms with Crippen molar-refractivity contribution in [2.45, 2.75) is 6.54 Å². The Bertz CT molecular complexity index is 1100. The van der Waals surface area contributed by atoms with Crippen molar-refractivity contribution in [3.63, 3.8) is 0 Å². The van der Waals surface area contributed by atoms with Crippen molar-refractivity contribution in [1.29, 1.82) is 0 Å². The number of hydrogen-bond acceptors (Lipinski definition) is 5. The molecule has 2 heterocycles. The third kappa shape index (κ3) is 3.54. The van der Waals surface area contributed by atoms with Crippen LogP contribution in [0.25, 0.3) is 16.6 Å². The zero-order chi connectivity index (χ0) is 18.8. The number of rotatable bonds is 5. The molecule has 6 nitrogen and oxygen atoms in total. The molecule has 0 aliphatic carbocycles. The van der Waals surface area contributed by atoms with Crippen LogP contribution in [0.1, 0.15) is 5.56 Å². The molecule has 0 saturated heterocycles. The van der Waals surface area contributed by atoms with E-state index in [1.165, 1.54) is 0 Å². The maximum absolute atomic E-state index is 6.21. The Morgan fingerprint density at radius 3 is 2.70 bits per heavy atom. The minimum atomic E-state index is 0.532. The van der Waals surface area contributed by atoms with Crippen LogP contribution in [0, 0.1) is 0 Å². The van der Waals surface area contributed by atoms with Gasteiger partial charge in [-0.05, 0) is 35.9 Å². The number of benzene rings is 2. The largest absolute Gasteiger partial charge is 0.495 e. The van der Waals surface area contributed by atoms with Gasteiger partial charge in [-0.15, -0.1) is 10.2 Å². The maximum atomic E-state index is 6.21. The summed E-state index contributed by atoms with van der Waals surface area (Å²) in [5, 5.41) is 15.0. The summed E-state index contributed by atoms with van der Waals surface area (Å²) in [4.78, 5) is 4.07. The third-order valence-corrected chi connectivity index (χ3v) is 4.68. The Kier molecular flexibility index (Phi) is 4.83. The van der Waals surface area contributed by atoms with Gasteiger partial charge >= 0.3 is 0 Å². The number of aromatic nitrogens is 4. The SMILES string of the molecule is COc1ccc(CNc2nnc(-n3ccnc3)c3ccc(Cl)cc23)cc1Cl. The molecule has 1 N–H and O–H groups in total. The van der Waals surface area contributed by atoms with E-state index < -0.39 is 0 Å². The van der Waals surface area contributed by atoms with Crippen LogP contribution in [0.3, 0.4) is 0 Å². The fraction of sp³-hybridized carbons (Fsp3) is 0.105. The van der Waals surface area contributed by atoms with Crippen LogP contribution < -0.4 is 10.1 Å². The van der Waals surface area contributed by atoms with Crippen LogP contribution >= 0.6 is 23.2 Å². The summed E-state index contributed by atoms with van der Waals surface area (Å²) in [5.41, 5.74) is 0.997. The zero-order valence-electron chi connectivity index (χ0n) is 14.4. The molecule has 0 spiro atoms. The molecule has 0 radical (unpaired) electrons. The number of halogens is 2. The summed E-state index contributed by atoms with van der Waals surface area (Å²) in [6.07, 6.45) is 5.21. The summed E-state index contributed by atoms with van der Waals surface area (Å²) in [5.74, 6) is 1.97. The lowest BCUT2D eigenvalue weighted by Crippen LogP contribution is -2.06. The van der Waals surface area contributed by atoms with Gasteiger partial charge in [0.25, 0.3) is 0 Å². The number of hydrogen-bond donors (Lipinski definition) is 1. The molecule has 4 rings (SSSR count). The van der Waals surface area contributed by atoms with Gasteiger partial charge in [0.1, 0.15) is 12.1 Å². The second-order valence-electron chi connectivity index (χ2n) is 5.85. The normalized spacial score (nSPS) is 10.9. The molecule has 0 amide bonds. The van der Waals surface area contributed by atoms with E-state index in [0.29, 0.717) is 34.0 Å². The predicted molar refractivity (Wildman–Crippen MR) is 107 cm³/mol. The van der Waals surface area contributed by atoms with Crippen LogP contribution in [0.5, 0.6) is 5.75 Å². The van der Waals surface area contributed by atoms with Crippen molar-refractivity contribution in [3.05, 3.63) is 70.7 Å². The van der Waals surface area contributed by atoms with Crippen molar-refractivity contribution >= 4 is 39.8 Å². The van der Waals surface area contributed by atoms with E-state index in [2.05, 4.69) is 20.5 Å². The van der Waals surface area contributed by atoms with Crippen LogP contribution in [-0.2, 0) is 6.54 Å². The highest BCUT2D eigenvalue weighted by Crippen LogP contribution is 2.29. The van der Waals surface area contributed by atoms with Gasteiger partial charge < -0.3 is 10.1 Å². The molecule has 0 fully saturated rings. The molecule has 0 bridgehead atoms. The lowest BCUT2D eigenvalue weighted by Gasteiger charge is -2.12. The van der Waals surface area contributed by atoms with Crippen LogP contribution in [-0.4, -0.2) is 26.9 Å². The zero-order valence-corrected chi connectivity index (χ0v) is 15.9. The average molecular weight is 400 g/mol. The minimum absolute atomic E-state index is 0.532. The highest BCUT2D eigenvalue weighted by atomic mass is 35.5. The Balaban J connectivity index is 1.69. The molecule has 4 aromatic rings. The van der Waals surface area contributed by atoms with Crippen molar-refractivity contribution in [3.8, 4) is 11.6 Å². The molecule has 0 saturated carbocycles. The first kappa shape index (κ1) is 17.6. The molecule has 0 atom stereocenters. The van der Waals surface area contributed by atoms with Gasteiger partial charge in [0.2, 0.25) is 0 Å². The summed E-state index contributed by atoms with van der Waals surface area (Å²) < 4.78 is 7.00. The number of nitrogens with zero attached hydrogens (tertiary/aromatic N) is 4. The maximum Gasteiger partial charge on any atom is 0.168 e. The smallest absolute Gasteiger partial charge is 0.168 e. The van der Waals surface area contributed by atoms with Gasteiger partial charge in [-0.3, -0.25) is 4.57 Å². The second-order valence-corrected chi connectivity index (χ2v) is 6.70. The Morgan fingerprint density at radius 2 is 1.96 bits per heavy atom. The molecule has 2 aromatic heterocycles. The fourth-order valence-electron chi connectivity index (χ4n) is 2.82. The number of nitrogens with one attached hydrogen (secondary N) is 1. The van der Waals surface area contributed by atoms with Gasteiger partial charge in [-0.25, -0.2) is 4.98 Å². The molecule has 2 aromatic carbocycles. The van der Waals surface area contributed by atoms with E-state index in [1.54, 1.807) is 19.6 Å². The molecular formula is C19H15Cl2N5O. The molecule has 27 heavy (non-hydrogen) atoms. The van der Waals surface area contributed by atoms with Gasteiger partial charge in [-0.2, -0.15) is 0 Å². The molecule has 0 unspecified atom stereocenters. The van der Waals surface area contributed by atoms with E-state index in [1.807, 2.05) is 47.2 Å². The number of imidazole rings is 1. The monoisotopic (exact) mass is 399 g/mol. The number of anilines is 1. The Morgan fingerprint density at radius 1 is 1.07 bits per heavy atom. The molecule has 0 aliphatic rings. The molecule has 0 aliphatic heterocycles. The quantitative estimate of drug-likeness (QED) is 0.524. The molecular weight excluding hydrogens is 385 g/mol. The van der Waals surface area contributed by atoms with E-state index in [-0.39, 0.29) is 0 Å². The van der Waals surface area contributed by atoms with Crippen molar-refractivity contribution in [2.75, 3.05) is 12.4 Å².